The molecule has 1 aromatic heterocycles. The van der Waals surface area contributed by atoms with Gasteiger partial charge in [-0.1, -0.05) is 33.8 Å². The van der Waals surface area contributed by atoms with Crippen molar-refractivity contribution in [1.29, 1.82) is 0 Å². The van der Waals surface area contributed by atoms with Crippen molar-refractivity contribution < 1.29 is 9.22 Å². The van der Waals surface area contributed by atoms with Gasteiger partial charge in [0.15, 0.2) is 8.32 Å². The van der Waals surface area contributed by atoms with Crippen LogP contribution in [0.3, 0.4) is 0 Å². The average Bonchev–Trinajstić information content (AvgIpc) is 2.76. The zero-order chi connectivity index (χ0) is 14.0. The Bertz CT molecular complexity index is 379. The molecule has 1 rings (SSSR count). The molecule has 0 fully saturated rings. The van der Waals surface area contributed by atoms with Gasteiger partial charge in [0.1, 0.15) is 6.29 Å². The van der Waals surface area contributed by atoms with Crippen molar-refractivity contribution in [3.05, 3.63) is 22.4 Å². The minimum Gasteiger partial charge on any atom is -0.408 e. The van der Waals surface area contributed by atoms with Crippen LogP contribution in [0.1, 0.15) is 38.7 Å². The van der Waals surface area contributed by atoms with E-state index in [0.717, 1.165) is 11.2 Å². The summed E-state index contributed by atoms with van der Waals surface area (Å²) in [5.74, 6) is -0.0993. The summed E-state index contributed by atoms with van der Waals surface area (Å²) in [5.41, 5.74) is 0. The minimum absolute atomic E-state index is 0.0941. The Morgan fingerprint density at radius 2 is 2.00 bits per heavy atom. The van der Waals surface area contributed by atoms with E-state index in [0.29, 0.717) is 0 Å². The number of hydrogen-bond acceptors (Lipinski definition) is 3. The van der Waals surface area contributed by atoms with Crippen molar-refractivity contribution >= 4 is 25.9 Å². The van der Waals surface area contributed by atoms with E-state index in [1.54, 1.807) is 11.3 Å². The lowest BCUT2D eigenvalue weighted by atomic mass is 10.1. The maximum Gasteiger partial charge on any atom is 0.192 e. The fourth-order valence-corrected chi connectivity index (χ4v) is 3.73. The third kappa shape index (κ3) is 3.53. The highest BCUT2D eigenvalue weighted by Crippen LogP contribution is 2.42. The molecule has 0 saturated carbocycles. The first-order valence-electron chi connectivity index (χ1n) is 6.35. The van der Waals surface area contributed by atoms with E-state index in [-0.39, 0.29) is 17.1 Å². The zero-order valence-electron chi connectivity index (χ0n) is 12.2. The van der Waals surface area contributed by atoms with E-state index in [1.165, 1.54) is 0 Å². The standard InChI is InChI=1S/C14H24O2SSi/c1-11(10-15)13(12-8-7-9-17-12)16-18(5,6)14(2,3)4/h7-11,13H,1-6H3/t11-,13-/m0/s1. The second-order valence-electron chi connectivity index (χ2n) is 6.31. The topological polar surface area (TPSA) is 26.3 Å². The van der Waals surface area contributed by atoms with Crippen LogP contribution in [0, 0.1) is 5.92 Å². The maximum absolute atomic E-state index is 11.1. The molecule has 102 valence electrons. The van der Waals surface area contributed by atoms with Gasteiger partial charge < -0.3 is 9.22 Å². The molecule has 0 spiro atoms. The third-order valence-corrected chi connectivity index (χ3v) is 9.13. The van der Waals surface area contributed by atoms with Gasteiger partial charge in [0, 0.05) is 10.8 Å². The summed E-state index contributed by atoms with van der Waals surface area (Å²) in [4.78, 5) is 12.3. The first-order valence-corrected chi connectivity index (χ1v) is 10.1. The van der Waals surface area contributed by atoms with Crippen molar-refractivity contribution in [3.63, 3.8) is 0 Å². The monoisotopic (exact) mass is 284 g/mol. The summed E-state index contributed by atoms with van der Waals surface area (Å²) in [6, 6.07) is 4.07. The van der Waals surface area contributed by atoms with Crippen LogP contribution in [0.15, 0.2) is 17.5 Å². The summed E-state index contributed by atoms with van der Waals surface area (Å²) in [6.45, 7) is 13.0. The quantitative estimate of drug-likeness (QED) is 0.581. The van der Waals surface area contributed by atoms with Crippen LogP contribution >= 0.6 is 11.3 Å². The molecule has 2 nitrogen and oxygen atoms in total. The first kappa shape index (κ1) is 15.6. The first-order chi connectivity index (χ1) is 8.19. The molecule has 0 radical (unpaired) electrons. The van der Waals surface area contributed by atoms with Gasteiger partial charge in [-0.3, -0.25) is 0 Å². The van der Waals surface area contributed by atoms with E-state index in [9.17, 15) is 4.79 Å². The Morgan fingerprint density at radius 3 is 2.39 bits per heavy atom. The molecular formula is C14H24O2SSi. The maximum atomic E-state index is 11.1. The predicted octanol–water partition coefficient (Wildman–Crippen LogP) is 4.65. The van der Waals surface area contributed by atoms with Gasteiger partial charge in [0.2, 0.25) is 0 Å². The van der Waals surface area contributed by atoms with Crippen LogP contribution in [0.25, 0.3) is 0 Å². The second kappa shape index (κ2) is 5.68. The molecule has 0 aromatic carbocycles. The molecule has 0 bridgehead atoms. The molecule has 2 atom stereocenters. The Balaban J connectivity index is 2.97. The van der Waals surface area contributed by atoms with Crippen LogP contribution < -0.4 is 0 Å². The van der Waals surface area contributed by atoms with Crippen LogP contribution in [0.2, 0.25) is 18.1 Å². The van der Waals surface area contributed by atoms with Gasteiger partial charge in [0.25, 0.3) is 0 Å². The van der Waals surface area contributed by atoms with Crippen LogP contribution in [-0.2, 0) is 9.22 Å². The van der Waals surface area contributed by atoms with Gasteiger partial charge in [-0.15, -0.1) is 11.3 Å². The molecular weight excluding hydrogens is 260 g/mol. The Hall–Kier alpha value is -0.453. The predicted molar refractivity (Wildman–Crippen MR) is 80.6 cm³/mol. The van der Waals surface area contributed by atoms with E-state index >= 15 is 0 Å². The summed E-state index contributed by atoms with van der Waals surface area (Å²) in [7, 11) is -1.86. The molecule has 0 amide bonds. The fourth-order valence-electron chi connectivity index (χ4n) is 1.44. The smallest absolute Gasteiger partial charge is 0.192 e. The Kier molecular flexibility index (Phi) is 4.92. The molecule has 1 heterocycles. The van der Waals surface area contributed by atoms with Crippen LogP contribution in [0.5, 0.6) is 0 Å². The summed E-state index contributed by atoms with van der Waals surface area (Å²) in [6.07, 6.45) is 0.903. The second-order valence-corrected chi connectivity index (χ2v) is 12.0. The SMILES string of the molecule is C[C@@H](C=O)[C@H](O[Si](C)(C)C(C)(C)C)c1cccs1. The van der Waals surface area contributed by atoms with E-state index in [1.807, 2.05) is 18.4 Å². The van der Waals surface area contributed by atoms with E-state index in [4.69, 9.17) is 4.43 Å². The number of aldehydes is 1. The molecule has 0 N–H and O–H groups in total. The van der Waals surface area contributed by atoms with Gasteiger partial charge in [-0.2, -0.15) is 0 Å². The molecule has 0 unspecified atom stereocenters. The van der Waals surface area contributed by atoms with Crippen molar-refractivity contribution in [2.24, 2.45) is 5.92 Å². The van der Waals surface area contributed by atoms with Gasteiger partial charge in [0.05, 0.1) is 6.10 Å². The molecule has 0 aliphatic carbocycles. The van der Waals surface area contributed by atoms with Gasteiger partial charge in [-0.05, 0) is 29.6 Å². The van der Waals surface area contributed by atoms with Crippen molar-refractivity contribution in [2.75, 3.05) is 0 Å². The largest absolute Gasteiger partial charge is 0.408 e. The summed E-state index contributed by atoms with van der Waals surface area (Å²) < 4.78 is 6.42. The highest BCUT2D eigenvalue weighted by Gasteiger charge is 2.40. The summed E-state index contributed by atoms with van der Waals surface area (Å²) >= 11 is 1.66. The van der Waals surface area contributed by atoms with Gasteiger partial charge >= 0.3 is 0 Å². The summed E-state index contributed by atoms with van der Waals surface area (Å²) in [5, 5.41) is 2.19. The van der Waals surface area contributed by atoms with E-state index in [2.05, 4.69) is 39.9 Å². The number of carbonyl (C=O) groups excluding carboxylic acids is 1. The molecule has 0 aliphatic heterocycles. The number of thiophene rings is 1. The van der Waals surface area contributed by atoms with Crippen molar-refractivity contribution in [3.8, 4) is 0 Å². The molecule has 1 aromatic rings. The normalized spacial score (nSPS) is 16.3. The lowest BCUT2D eigenvalue weighted by Crippen LogP contribution is -2.42. The van der Waals surface area contributed by atoms with Gasteiger partial charge in [-0.25, -0.2) is 0 Å². The molecule has 18 heavy (non-hydrogen) atoms. The van der Waals surface area contributed by atoms with Crippen LogP contribution in [-0.4, -0.2) is 14.6 Å². The highest BCUT2D eigenvalue weighted by molar-refractivity contribution is 7.10. The molecule has 0 aliphatic rings. The van der Waals surface area contributed by atoms with Crippen molar-refractivity contribution in [1.82, 2.24) is 0 Å². The fraction of sp³-hybridized carbons (Fsp3) is 0.643. The average molecular weight is 284 g/mol. The van der Waals surface area contributed by atoms with Crippen LogP contribution in [0.4, 0.5) is 0 Å². The Morgan fingerprint density at radius 1 is 1.39 bits per heavy atom. The number of rotatable bonds is 5. The Labute approximate surface area is 116 Å². The number of carbonyl (C=O) groups is 1. The van der Waals surface area contributed by atoms with E-state index < -0.39 is 8.32 Å². The molecule has 4 heteroatoms. The number of hydrogen-bond donors (Lipinski definition) is 0. The van der Waals surface area contributed by atoms with Crippen molar-refractivity contribution in [2.45, 2.75) is 51.9 Å². The lowest BCUT2D eigenvalue weighted by molar-refractivity contribution is -0.113. The minimum atomic E-state index is -1.86. The lowest BCUT2D eigenvalue weighted by Gasteiger charge is -2.40. The third-order valence-electron chi connectivity index (χ3n) is 3.74. The zero-order valence-corrected chi connectivity index (χ0v) is 14.0. The molecule has 0 saturated heterocycles. The highest BCUT2D eigenvalue weighted by atomic mass is 32.1.